The molecule has 0 N–H and O–H groups in total. The third kappa shape index (κ3) is 6.52. The van der Waals surface area contributed by atoms with Crippen molar-refractivity contribution in [1.82, 2.24) is 29.7 Å². The highest BCUT2D eigenvalue weighted by molar-refractivity contribution is 5.81. The van der Waals surface area contributed by atoms with Crippen LogP contribution in [0.15, 0.2) is 97.6 Å². The van der Waals surface area contributed by atoms with Crippen molar-refractivity contribution in [2.75, 3.05) is 0 Å². The van der Waals surface area contributed by atoms with Crippen LogP contribution < -0.4 is 0 Å². The summed E-state index contributed by atoms with van der Waals surface area (Å²) < 4.78 is 0. The van der Waals surface area contributed by atoms with Crippen LogP contribution >= 0.6 is 0 Å². The van der Waals surface area contributed by atoms with Gasteiger partial charge in [0.1, 0.15) is 0 Å². The van der Waals surface area contributed by atoms with Crippen molar-refractivity contribution in [3.05, 3.63) is 120 Å². The van der Waals surface area contributed by atoms with E-state index in [1.165, 1.54) is 0 Å². The zero-order chi connectivity index (χ0) is 23.6. The summed E-state index contributed by atoms with van der Waals surface area (Å²) in [7, 11) is 0. The number of nitrogens with zero attached hydrogens (tertiary/aromatic N) is 6. The molecule has 0 saturated carbocycles. The lowest BCUT2D eigenvalue weighted by molar-refractivity contribution is -0.138. The lowest BCUT2D eigenvalue weighted by atomic mass is 10.1. The lowest BCUT2D eigenvalue weighted by Crippen LogP contribution is -2.46. The van der Waals surface area contributed by atoms with E-state index in [1.807, 2.05) is 84.6 Å². The molecular weight excluding hydrogens is 424 g/mol. The lowest BCUT2D eigenvalue weighted by Gasteiger charge is -2.32. The molecule has 7 heteroatoms. The fourth-order valence-corrected chi connectivity index (χ4v) is 3.74. The van der Waals surface area contributed by atoms with E-state index in [2.05, 4.69) is 24.8 Å². The second kappa shape index (κ2) is 11.8. The molecule has 0 radical (unpaired) electrons. The molecule has 4 rings (SSSR count). The second-order valence-electron chi connectivity index (χ2n) is 8.06. The minimum atomic E-state index is -0.406. The first-order chi connectivity index (χ1) is 16.7. The zero-order valence-electron chi connectivity index (χ0n) is 19.2. The molecule has 34 heavy (non-hydrogen) atoms. The van der Waals surface area contributed by atoms with E-state index < -0.39 is 6.04 Å². The Hall–Kier alpha value is -3.97. The highest BCUT2D eigenvalue weighted by atomic mass is 16.2. The minimum Gasteiger partial charge on any atom is -0.330 e. The number of pyridine rings is 4. The maximum Gasteiger partial charge on any atom is 0.240 e. The third-order valence-electron chi connectivity index (χ3n) is 5.56. The predicted octanol–water partition coefficient (Wildman–Crippen LogP) is 3.89. The second-order valence-corrected chi connectivity index (χ2v) is 8.06. The maximum atomic E-state index is 13.9. The Kier molecular flexibility index (Phi) is 8.03. The number of carbonyl (C=O) groups excluding carboxylic acids is 1. The maximum absolute atomic E-state index is 13.9. The molecule has 1 atom stereocenters. The Morgan fingerprint density at radius 3 is 1.29 bits per heavy atom. The first-order valence-corrected chi connectivity index (χ1v) is 11.3. The Morgan fingerprint density at radius 1 is 0.618 bits per heavy atom. The van der Waals surface area contributed by atoms with Crippen molar-refractivity contribution in [1.29, 1.82) is 0 Å². The smallest absolute Gasteiger partial charge is 0.240 e. The van der Waals surface area contributed by atoms with E-state index in [-0.39, 0.29) is 5.91 Å². The van der Waals surface area contributed by atoms with Crippen molar-refractivity contribution in [2.45, 2.75) is 39.1 Å². The molecule has 7 nitrogen and oxygen atoms in total. The van der Waals surface area contributed by atoms with E-state index in [9.17, 15) is 4.79 Å². The number of amides is 1. The van der Waals surface area contributed by atoms with Gasteiger partial charge in [0.25, 0.3) is 0 Å². The van der Waals surface area contributed by atoms with Gasteiger partial charge in [-0.25, -0.2) is 0 Å². The quantitative estimate of drug-likeness (QED) is 0.363. The van der Waals surface area contributed by atoms with Crippen LogP contribution in [0.1, 0.15) is 29.7 Å². The van der Waals surface area contributed by atoms with Gasteiger partial charge in [0.15, 0.2) is 0 Å². The predicted molar refractivity (Wildman–Crippen MR) is 130 cm³/mol. The fraction of sp³-hybridized carbons (Fsp3) is 0.222. The number of carbonyl (C=O) groups is 1. The number of hydrogen-bond acceptors (Lipinski definition) is 6. The van der Waals surface area contributed by atoms with Gasteiger partial charge >= 0.3 is 0 Å². The molecule has 0 aliphatic heterocycles. The van der Waals surface area contributed by atoms with E-state index in [0.717, 1.165) is 22.8 Å². The van der Waals surface area contributed by atoms with Gasteiger partial charge < -0.3 is 4.90 Å². The Labute approximate surface area is 200 Å². The summed E-state index contributed by atoms with van der Waals surface area (Å²) in [5, 5.41) is 0. The molecule has 0 aliphatic rings. The number of aromatic nitrogens is 4. The van der Waals surface area contributed by atoms with Gasteiger partial charge in [0, 0.05) is 37.9 Å². The largest absolute Gasteiger partial charge is 0.330 e. The number of rotatable bonds is 10. The van der Waals surface area contributed by atoms with Crippen molar-refractivity contribution < 1.29 is 4.79 Å². The van der Waals surface area contributed by atoms with Gasteiger partial charge in [-0.1, -0.05) is 24.3 Å². The van der Waals surface area contributed by atoms with Crippen LogP contribution in [-0.2, 0) is 31.0 Å². The van der Waals surface area contributed by atoms with Crippen molar-refractivity contribution in [2.24, 2.45) is 0 Å². The molecule has 172 valence electrons. The topological polar surface area (TPSA) is 75.1 Å². The standard InChI is InChI=1S/C27H28N6O/c1-22(32(18-23-10-2-6-14-28-23)19-24-11-3-7-15-29-24)27(34)33(20-25-12-4-8-16-30-25)21-26-13-5-9-17-31-26/h2-17,22H,18-21H2,1H3/t22-/m0/s1. The van der Waals surface area contributed by atoms with E-state index in [0.29, 0.717) is 26.2 Å². The summed E-state index contributed by atoms with van der Waals surface area (Å²) in [6, 6.07) is 22.7. The van der Waals surface area contributed by atoms with Gasteiger partial charge in [0.05, 0.1) is 41.9 Å². The Morgan fingerprint density at radius 2 is 0.971 bits per heavy atom. The average molecular weight is 453 g/mol. The molecular formula is C27H28N6O. The normalized spacial score (nSPS) is 11.8. The number of hydrogen-bond donors (Lipinski definition) is 0. The molecule has 0 spiro atoms. The Bertz CT molecular complexity index is 1060. The summed E-state index contributed by atoms with van der Waals surface area (Å²) in [5.74, 6) is 0.00293. The highest BCUT2D eigenvalue weighted by Gasteiger charge is 2.27. The molecule has 0 aromatic carbocycles. The summed E-state index contributed by atoms with van der Waals surface area (Å²) in [6.07, 6.45) is 7.04. The molecule has 4 aromatic heterocycles. The van der Waals surface area contributed by atoms with Crippen LogP contribution in [0.2, 0.25) is 0 Å². The first-order valence-electron chi connectivity index (χ1n) is 11.3. The van der Waals surface area contributed by atoms with E-state index in [4.69, 9.17) is 0 Å². The van der Waals surface area contributed by atoms with Crippen LogP contribution in [0, 0.1) is 0 Å². The third-order valence-corrected chi connectivity index (χ3v) is 5.56. The van der Waals surface area contributed by atoms with Crippen LogP contribution in [0.4, 0.5) is 0 Å². The average Bonchev–Trinajstić information content (AvgIpc) is 2.89. The van der Waals surface area contributed by atoms with Gasteiger partial charge in [-0.05, 0) is 55.5 Å². The van der Waals surface area contributed by atoms with Crippen molar-refractivity contribution in [3.63, 3.8) is 0 Å². The fourth-order valence-electron chi connectivity index (χ4n) is 3.74. The van der Waals surface area contributed by atoms with Crippen LogP contribution in [0.25, 0.3) is 0 Å². The molecule has 0 unspecified atom stereocenters. The van der Waals surface area contributed by atoms with Gasteiger partial charge in [-0.15, -0.1) is 0 Å². The van der Waals surface area contributed by atoms with Gasteiger partial charge in [-0.3, -0.25) is 29.6 Å². The molecule has 0 fully saturated rings. The zero-order valence-corrected chi connectivity index (χ0v) is 19.2. The molecule has 4 heterocycles. The van der Waals surface area contributed by atoms with Crippen LogP contribution in [0.5, 0.6) is 0 Å². The Balaban J connectivity index is 1.59. The summed E-state index contributed by atoms with van der Waals surface area (Å²) in [4.78, 5) is 35.6. The molecule has 0 aliphatic carbocycles. The first kappa shape index (κ1) is 23.2. The van der Waals surface area contributed by atoms with Gasteiger partial charge in [-0.2, -0.15) is 0 Å². The van der Waals surface area contributed by atoms with Crippen molar-refractivity contribution >= 4 is 5.91 Å². The summed E-state index contributed by atoms with van der Waals surface area (Å²) >= 11 is 0. The SMILES string of the molecule is C[C@@H](C(=O)N(Cc1ccccn1)Cc1ccccn1)N(Cc1ccccn1)Cc1ccccn1. The van der Waals surface area contributed by atoms with E-state index in [1.54, 1.807) is 24.8 Å². The summed E-state index contributed by atoms with van der Waals surface area (Å²) in [5.41, 5.74) is 3.47. The van der Waals surface area contributed by atoms with Crippen molar-refractivity contribution in [3.8, 4) is 0 Å². The van der Waals surface area contributed by atoms with Crippen LogP contribution in [0.3, 0.4) is 0 Å². The van der Waals surface area contributed by atoms with Crippen LogP contribution in [-0.4, -0.2) is 41.7 Å². The molecule has 4 aromatic rings. The summed E-state index contributed by atoms with van der Waals surface area (Å²) in [6.45, 7) is 3.82. The molecule has 0 bridgehead atoms. The molecule has 1 amide bonds. The monoisotopic (exact) mass is 452 g/mol. The minimum absolute atomic E-state index is 0.00293. The van der Waals surface area contributed by atoms with E-state index >= 15 is 0 Å². The van der Waals surface area contributed by atoms with Gasteiger partial charge in [0.2, 0.25) is 5.91 Å². The molecule has 0 saturated heterocycles. The highest BCUT2D eigenvalue weighted by Crippen LogP contribution is 2.16.